The summed E-state index contributed by atoms with van der Waals surface area (Å²) < 4.78 is 13.5. The van der Waals surface area contributed by atoms with E-state index in [4.69, 9.17) is 23.2 Å². The van der Waals surface area contributed by atoms with E-state index in [2.05, 4.69) is 32.9 Å². The Labute approximate surface area is 135 Å². The van der Waals surface area contributed by atoms with Crippen molar-refractivity contribution in [1.82, 2.24) is 0 Å². The fraction of sp³-hybridized carbons (Fsp3) is 0.333. The lowest BCUT2D eigenvalue weighted by Gasteiger charge is -2.24. The maximum absolute atomic E-state index is 13.5. The van der Waals surface area contributed by atoms with E-state index in [1.807, 2.05) is 12.1 Å². The molecular formula is C18H19Cl2F. The highest BCUT2D eigenvalue weighted by molar-refractivity contribution is 6.30. The second-order valence-electron chi connectivity index (χ2n) is 5.90. The number of halogens is 3. The van der Waals surface area contributed by atoms with Crippen LogP contribution in [0.1, 0.15) is 49.3 Å². The third-order valence-corrected chi connectivity index (χ3v) is 4.92. The molecular weight excluding hydrogens is 306 g/mol. The van der Waals surface area contributed by atoms with Gasteiger partial charge in [-0.1, -0.05) is 62.7 Å². The van der Waals surface area contributed by atoms with Crippen LogP contribution in [0.5, 0.6) is 0 Å². The predicted octanol–water partition coefficient (Wildman–Crippen LogP) is 6.49. The summed E-state index contributed by atoms with van der Waals surface area (Å²) >= 11 is 12.1. The first-order chi connectivity index (χ1) is 9.85. The highest BCUT2D eigenvalue weighted by Gasteiger charge is 2.19. The Morgan fingerprint density at radius 2 is 1.62 bits per heavy atom. The highest BCUT2D eigenvalue weighted by Crippen LogP contribution is 2.33. The van der Waals surface area contributed by atoms with Gasteiger partial charge in [0.1, 0.15) is 5.82 Å². The van der Waals surface area contributed by atoms with Crippen LogP contribution < -0.4 is 0 Å². The average molecular weight is 325 g/mol. The standard InChI is InChI=1S/C18H19Cl2F/c1-4-18(2,3)14-8-5-12(6-9-14)17(20)13-7-10-15(19)16(21)11-13/h5-11,17H,4H2,1-3H3. The minimum absolute atomic E-state index is 0.114. The Morgan fingerprint density at radius 3 is 2.14 bits per heavy atom. The van der Waals surface area contributed by atoms with Gasteiger partial charge < -0.3 is 0 Å². The third kappa shape index (κ3) is 3.59. The molecule has 2 aromatic carbocycles. The molecule has 2 rings (SSSR count). The predicted molar refractivity (Wildman–Crippen MR) is 88.9 cm³/mol. The van der Waals surface area contributed by atoms with Gasteiger partial charge in [-0.15, -0.1) is 11.6 Å². The molecule has 0 aliphatic heterocycles. The topological polar surface area (TPSA) is 0 Å². The largest absolute Gasteiger partial charge is 0.205 e. The van der Waals surface area contributed by atoms with Crippen molar-refractivity contribution in [3.63, 3.8) is 0 Å². The van der Waals surface area contributed by atoms with Gasteiger partial charge in [0.05, 0.1) is 10.4 Å². The Kier molecular flexibility index (Phi) is 4.95. The molecule has 0 radical (unpaired) electrons. The van der Waals surface area contributed by atoms with Gasteiger partial charge in [-0.3, -0.25) is 0 Å². The first-order valence-corrected chi connectivity index (χ1v) is 7.86. The molecule has 0 aromatic heterocycles. The van der Waals surface area contributed by atoms with E-state index in [1.54, 1.807) is 6.07 Å². The molecule has 21 heavy (non-hydrogen) atoms. The quantitative estimate of drug-likeness (QED) is 0.563. The van der Waals surface area contributed by atoms with E-state index >= 15 is 0 Å². The number of alkyl halides is 1. The highest BCUT2D eigenvalue weighted by atomic mass is 35.5. The fourth-order valence-electron chi connectivity index (χ4n) is 2.17. The summed E-state index contributed by atoms with van der Waals surface area (Å²) in [5.74, 6) is -0.441. The van der Waals surface area contributed by atoms with E-state index in [-0.39, 0.29) is 15.8 Å². The van der Waals surface area contributed by atoms with Crippen LogP contribution in [0.2, 0.25) is 5.02 Å². The minimum Gasteiger partial charge on any atom is -0.205 e. The van der Waals surface area contributed by atoms with Gasteiger partial charge in [0.2, 0.25) is 0 Å². The molecule has 0 nitrogen and oxygen atoms in total. The average Bonchev–Trinajstić information content (AvgIpc) is 2.49. The molecule has 0 saturated carbocycles. The molecule has 112 valence electrons. The summed E-state index contributed by atoms with van der Waals surface area (Å²) in [6, 6.07) is 12.9. The Hall–Kier alpha value is -1.05. The molecule has 0 aliphatic carbocycles. The zero-order chi connectivity index (χ0) is 15.6. The van der Waals surface area contributed by atoms with Crippen molar-refractivity contribution in [3.8, 4) is 0 Å². The van der Waals surface area contributed by atoms with Crippen LogP contribution in [-0.4, -0.2) is 0 Å². The summed E-state index contributed by atoms with van der Waals surface area (Å²) in [7, 11) is 0. The van der Waals surface area contributed by atoms with Crippen molar-refractivity contribution in [3.05, 3.63) is 70.0 Å². The van der Waals surface area contributed by atoms with E-state index in [0.29, 0.717) is 5.56 Å². The van der Waals surface area contributed by atoms with Crippen molar-refractivity contribution >= 4 is 23.2 Å². The summed E-state index contributed by atoms with van der Waals surface area (Å²) in [4.78, 5) is 0. The van der Waals surface area contributed by atoms with Crippen LogP contribution in [0.25, 0.3) is 0 Å². The molecule has 0 fully saturated rings. The monoisotopic (exact) mass is 324 g/mol. The lowest BCUT2D eigenvalue weighted by atomic mass is 9.82. The van der Waals surface area contributed by atoms with Gasteiger partial charge >= 0.3 is 0 Å². The molecule has 2 aromatic rings. The van der Waals surface area contributed by atoms with Gasteiger partial charge in [0.25, 0.3) is 0 Å². The molecule has 0 amide bonds. The molecule has 0 N–H and O–H groups in total. The number of hydrogen-bond donors (Lipinski definition) is 0. The maximum atomic E-state index is 13.5. The molecule has 0 bridgehead atoms. The Balaban J connectivity index is 2.27. The van der Waals surface area contributed by atoms with Crippen LogP contribution in [0.15, 0.2) is 42.5 Å². The van der Waals surface area contributed by atoms with E-state index in [9.17, 15) is 4.39 Å². The van der Waals surface area contributed by atoms with Crippen molar-refractivity contribution in [2.45, 2.75) is 38.0 Å². The van der Waals surface area contributed by atoms with Crippen LogP contribution in [0.4, 0.5) is 4.39 Å². The van der Waals surface area contributed by atoms with Crippen LogP contribution in [0, 0.1) is 5.82 Å². The number of hydrogen-bond acceptors (Lipinski definition) is 0. The molecule has 1 atom stereocenters. The maximum Gasteiger partial charge on any atom is 0.142 e. The number of rotatable bonds is 4. The zero-order valence-corrected chi connectivity index (χ0v) is 14.0. The van der Waals surface area contributed by atoms with Crippen molar-refractivity contribution < 1.29 is 4.39 Å². The van der Waals surface area contributed by atoms with E-state index < -0.39 is 5.82 Å². The molecule has 0 heterocycles. The lowest BCUT2D eigenvalue weighted by molar-refractivity contribution is 0.506. The number of benzene rings is 2. The smallest absolute Gasteiger partial charge is 0.142 e. The third-order valence-electron chi connectivity index (χ3n) is 4.11. The zero-order valence-electron chi connectivity index (χ0n) is 12.5. The summed E-state index contributed by atoms with van der Waals surface area (Å²) in [5.41, 5.74) is 3.09. The van der Waals surface area contributed by atoms with E-state index in [1.165, 1.54) is 17.7 Å². The van der Waals surface area contributed by atoms with Gasteiger partial charge in [-0.25, -0.2) is 4.39 Å². The Morgan fingerprint density at radius 1 is 1.05 bits per heavy atom. The van der Waals surface area contributed by atoms with Crippen molar-refractivity contribution in [1.29, 1.82) is 0 Å². The molecule has 3 heteroatoms. The lowest BCUT2D eigenvalue weighted by Crippen LogP contribution is -2.15. The van der Waals surface area contributed by atoms with Crippen LogP contribution >= 0.6 is 23.2 Å². The van der Waals surface area contributed by atoms with Crippen molar-refractivity contribution in [2.75, 3.05) is 0 Å². The van der Waals surface area contributed by atoms with Crippen LogP contribution in [0.3, 0.4) is 0 Å². The second kappa shape index (κ2) is 6.37. The summed E-state index contributed by atoms with van der Waals surface area (Å²) in [5, 5.41) is -0.266. The van der Waals surface area contributed by atoms with Gasteiger partial charge in [-0.2, -0.15) is 0 Å². The van der Waals surface area contributed by atoms with E-state index in [0.717, 1.165) is 12.0 Å². The fourth-order valence-corrected chi connectivity index (χ4v) is 2.57. The molecule has 0 saturated heterocycles. The van der Waals surface area contributed by atoms with Gasteiger partial charge in [0, 0.05) is 0 Å². The van der Waals surface area contributed by atoms with Gasteiger partial charge in [-0.05, 0) is 40.7 Å². The van der Waals surface area contributed by atoms with Gasteiger partial charge in [0.15, 0.2) is 0 Å². The first kappa shape index (κ1) is 16.3. The minimum atomic E-state index is -0.441. The summed E-state index contributed by atoms with van der Waals surface area (Å²) in [6.45, 7) is 6.61. The normalized spacial score (nSPS) is 13.2. The molecule has 1 unspecified atom stereocenters. The Bertz CT molecular complexity index is 618. The van der Waals surface area contributed by atoms with Crippen LogP contribution in [-0.2, 0) is 5.41 Å². The second-order valence-corrected chi connectivity index (χ2v) is 6.74. The molecule has 0 aliphatic rings. The van der Waals surface area contributed by atoms with Crippen molar-refractivity contribution in [2.24, 2.45) is 0 Å². The SMILES string of the molecule is CCC(C)(C)c1ccc(C(Cl)c2ccc(Cl)c(F)c2)cc1. The first-order valence-electron chi connectivity index (χ1n) is 7.04. The molecule has 0 spiro atoms. The summed E-state index contributed by atoms with van der Waals surface area (Å²) in [6.07, 6.45) is 1.07.